The lowest BCUT2D eigenvalue weighted by Gasteiger charge is -2.67. The number of carbonyl (C=O) groups is 1. The number of likely N-dealkylation sites (tertiary alicyclic amines) is 1. The number of ketones is 1. The first kappa shape index (κ1) is 17.1. The summed E-state index contributed by atoms with van der Waals surface area (Å²) >= 11 is 0. The van der Waals surface area contributed by atoms with Crippen LogP contribution >= 0.6 is 0 Å². The van der Waals surface area contributed by atoms with Crippen molar-refractivity contribution in [2.45, 2.75) is 61.4 Å². The third kappa shape index (κ3) is 1.56. The number of quaternary nitrogens is 1. The van der Waals surface area contributed by atoms with E-state index >= 15 is 0 Å². The number of likely N-dealkylation sites (N-methyl/N-ethyl adjacent to an activating group) is 1. The van der Waals surface area contributed by atoms with E-state index in [1.807, 2.05) is 7.05 Å². The van der Waals surface area contributed by atoms with Gasteiger partial charge in [0.05, 0.1) is 32.0 Å². The SMILES string of the molecule is C[N@+]1(CC2CC2)CC[C@]23c4c5cc(O)c(O)c4O[C@H]2C(=O)CC[C@@]3(O)[C@@]1(O)C5. The van der Waals surface area contributed by atoms with E-state index in [1.54, 1.807) is 0 Å². The number of carbonyl (C=O) groups excluding carboxylic acids is 1. The fourth-order valence-electron chi connectivity index (χ4n) is 6.99. The fourth-order valence-corrected chi connectivity index (χ4v) is 6.99. The molecule has 2 saturated carbocycles. The molecule has 1 spiro atoms. The van der Waals surface area contributed by atoms with E-state index < -0.39 is 22.8 Å². The number of Topliss-reactive ketones (excluding diaryl/α,β-unsaturated/α-hetero) is 1. The molecule has 1 aromatic rings. The first-order valence-corrected chi connectivity index (χ1v) is 10.2. The van der Waals surface area contributed by atoms with Crippen molar-refractivity contribution in [3.05, 3.63) is 17.2 Å². The van der Waals surface area contributed by atoms with Crippen LogP contribution in [-0.2, 0) is 16.6 Å². The van der Waals surface area contributed by atoms with Crippen molar-refractivity contribution >= 4 is 5.78 Å². The molecule has 2 heterocycles. The largest absolute Gasteiger partial charge is 0.504 e. The molecule has 5 aliphatic rings. The van der Waals surface area contributed by atoms with Gasteiger partial charge in [-0.15, -0.1) is 0 Å². The van der Waals surface area contributed by atoms with Gasteiger partial charge in [-0.3, -0.25) is 9.28 Å². The Balaban J connectivity index is 1.66. The minimum absolute atomic E-state index is 0.106. The van der Waals surface area contributed by atoms with Gasteiger partial charge in [0.25, 0.3) is 0 Å². The number of rotatable bonds is 2. The summed E-state index contributed by atoms with van der Waals surface area (Å²) in [6, 6.07) is 1.47. The van der Waals surface area contributed by atoms with Gasteiger partial charge in [-0.05, 0) is 30.9 Å². The van der Waals surface area contributed by atoms with Gasteiger partial charge < -0.3 is 25.2 Å². The predicted molar refractivity (Wildman–Crippen MR) is 97.0 cm³/mol. The van der Waals surface area contributed by atoms with Gasteiger partial charge in [-0.2, -0.15) is 0 Å². The van der Waals surface area contributed by atoms with Crippen LogP contribution in [0.1, 0.15) is 43.2 Å². The molecule has 5 atom stereocenters. The highest BCUT2D eigenvalue weighted by Crippen LogP contribution is 2.69. The molecule has 2 aliphatic heterocycles. The third-order valence-corrected chi connectivity index (χ3v) is 8.56. The summed E-state index contributed by atoms with van der Waals surface area (Å²) in [5.74, 6) is -0.163. The molecule has 2 bridgehead atoms. The van der Waals surface area contributed by atoms with Crippen molar-refractivity contribution < 1.29 is 34.4 Å². The van der Waals surface area contributed by atoms with Crippen LogP contribution in [-0.4, -0.2) is 68.3 Å². The van der Waals surface area contributed by atoms with E-state index in [9.17, 15) is 25.2 Å². The predicted octanol–water partition coefficient (Wildman–Crippen LogP) is 0.696. The number of nitrogens with zero attached hydrogens (tertiary/aromatic N) is 1. The molecule has 0 aromatic heterocycles. The molecule has 6 rings (SSSR count). The maximum Gasteiger partial charge on any atom is 0.235 e. The molecule has 0 unspecified atom stereocenters. The van der Waals surface area contributed by atoms with Crippen LogP contribution in [0.15, 0.2) is 6.07 Å². The Morgan fingerprint density at radius 3 is 2.71 bits per heavy atom. The van der Waals surface area contributed by atoms with Gasteiger partial charge in [-0.25, -0.2) is 0 Å². The lowest BCUT2D eigenvalue weighted by atomic mass is 9.47. The Bertz CT molecular complexity index is 943. The molecule has 0 amide bonds. The molecular weight excluding hydrogens is 362 g/mol. The minimum Gasteiger partial charge on any atom is -0.504 e. The number of hydrogen-bond donors (Lipinski definition) is 4. The monoisotopic (exact) mass is 388 g/mol. The first-order valence-electron chi connectivity index (χ1n) is 10.2. The second kappa shape index (κ2) is 4.66. The van der Waals surface area contributed by atoms with Crippen LogP contribution in [0.5, 0.6) is 17.2 Å². The minimum atomic E-state index is -1.53. The Kier molecular flexibility index (Phi) is 2.84. The van der Waals surface area contributed by atoms with Gasteiger partial charge in [0.2, 0.25) is 11.5 Å². The summed E-state index contributed by atoms with van der Waals surface area (Å²) in [6.07, 6.45) is 2.32. The van der Waals surface area contributed by atoms with Crippen LogP contribution in [0.2, 0.25) is 0 Å². The number of piperidine rings is 1. The fraction of sp³-hybridized carbons (Fsp3) is 0.667. The van der Waals surface area contributed by atoms with E-state index in [1.165, 1.54) is 6.07 Å². The molecule has 150 valence electrons. The molecule has 1 saturated heterocycles. The van der Waals surface area contributed by atoms with E-state index in [0.29, 0.717) is 34.5 Å². The van der Waals surface area contributed by atoms with Gasteiger partial charge in [0.15, 0.2) is 29.0 Å². The van der Waals surface area contributed by atoms with Gasteiger partial charge in [-0.1, -0.05) is 0 Å². The summed E-state index contributed by atoms with van der Waals surface area (Å²) in [6.45, 7) is 1.42. The molecule has 3 aliphatic carbocycles. The number of aromatic hydroxyl groups is 2. The molecule has 3 fully saturated rings. The number of benzene rings is 1. The summed E-state index contributed by atoms with van der Waals surface area (Å²) < 4.78 is 6.28. The number of phenolic OH excluding ortho intramolecular Hbond substituents is 2. The van der Waals surface area contributed by atoms with Crippen molar-refractivity contribution in [1.29, 1.82) is 0 Å². The van der Waals surface area contributed by atoms with E-state index in [0.717, 1.165) is 19.4 Å². The zero-order chi connectivity index (χ0) is 19.7. The molecule has 7 heteroatoms. The highest BCUT2D eigenvalue weighted by Gasteiger charge is 2.82. The Labute approximate surface area is 162 Å². The second-order valence-electron chi connectivity index (χ2n) is 9.89. The van der Waals surface area contributed by atoms with Crippen LogP contribution in [0.3, 0.4) is 0 Å². The normalized spacial score (nSPS) is 45.5. The van der Waals surface area contributed by atoms with E-state index in [4.69, 9.17) is 4.74 Å². The van der Waals surface area contributed by atoms with Crippen LogP contribution < -0.4 is 4.74 Å². The molecular formula is C21H26NO6+. The zero-order valence-electron chi connectivity index (χ0n) is 15.9. The second-order valence-corrected chi connectivity index (χ2v) is 9.89. The number of phenols is 2. The summed E-state index contributed by atoms with van der Waals surface area (Å²) in [7, 11) is 2.01. The lowest BCUT2D eigenvalue weighted by Crippen LogP contribution is -2.87. The van der Waals surface area contributed by atoms with Crippen LogP contribution in [0, 0.1) is 5.92 Å². The van der Waals surface area contributed by atoms with Gasteiger partial charge in [0.1, 0.15) is 0 Å². The molecule has 4 N–H and O–H groups in total. The van der Waals surface area contributed by atoms with Crippen molar-refractivity contribution in [2.75, 3.05) is 20.1 Å². The maximum atomic E-state index is 12.8. The third-order valence-electron chi connectivity index (χ3n) is 8.56. The summed E-state index contributed by atoms with van der Waals surface area (Å²) in [5.41, 5.74) is -2.80. The smallest absolute Gasteiger partial charge is 0.235 e. The Morgan fingerprint density at radius 2 is 2.00 bits per heavy atom. The van der Waals surface area contributed by atoms with Crippen molar-refractivity contribution in [3.8, 4) is 17.2 Å². The van der Waals surface area contributed by atoms with Crippen LogP contribution in [0.4, 0.5) is 0 Å². The van der Waals surface area contributed by atoms with Crippen molar-refractivity contribution in [2.24, 2.45) is 5.92 Å². The van der Waals surface area contributed by atoms with Gasteiger partial charge >= 0.3 is 0 Å². The lowest BCUT2D eigenvalue weighted by molar-refractivity contribution is -1.00. The molecule has 7 nitrogen and oxygen atoms in total. The van der Waals surface area contributed by atoms with Crippen molar-refractivity contribution in [1.82, 2.24) is 0 Å². The van der Waals surface area contributed by atoms with Crippen LogP contribution in [0.25, 0.3) is 0 Å². The average molecular weight is 388 g/mol. The van der Waals surface area contributed by atoms with Gasteiger partial charge in [0, 0.05) is 24.3 Å². The molecule has 0 radical (unpaired) electrons. The quantitative estimate of drug-likeness (QED) is 0.439. The number of ether oxygens (including phenoxy) is 1. The topological polar surface area (TPSA) is 107 Å². The molecule has 1 aromatic carbocycles. The molecule has 28 heavy (non-hydrogen) atoms. The first-order chi connectivity index (χ1) is 13.2. The summed E-state index contributed by atoms with van der Waals surface area (Å²) in [4.78, 5) is 12.8. The number of hydrogen-bond acceptors (Lipinski definition) is 6. The number of aliphatic hydroxyl groups is 2. The highest BCUT2D eigenvalue weighted by molar-refractivity contribution is 5.90. The highest BCUT2D eigenvalue weighted by atomic mass is 16.5. The Morgan fingerprint density at radius 1 is 1.25 bits per heavy atom. The summed E-state index contributed by atoms with van der Waals surface area (Å²) in [5, 5.41) is 45.0. The van der Waals surface area contributed by atoms with Crippen molar-refractivity contribution in [3.63, 3.8) is 0 Å². The Hall–Kier alpha value is -1.83. The standard InChI is InChI=1S/C21H25NO6/c1-22(10-11-2-3-11)7-6-19-15-12-8-14(24)16(25)17(15)28-18(19)13(23)4-5-20(19,26)21(22,27)9-12/h8,11,18,26-27H,2-7,9-10H2,1H3,(H-,24,25)/p+1/t18-,19-,20-,21-,22+/m0/s1. The van der Waals surface area contributed by atoms with E-state index in [-0.39, 0.29) is 42.3 Å². The van der Waals surface area contributed by atoms with E-state index in [2.05, 4.69) is 0 Å². The average Bonchev–Trinajstić information content (AvgIpc) is 3.36. The zero-order valence-corrected chi connectivity index (χ0v) is 15.9. The maximum absolute atomic E-state index is 12.8.